The van der Waals surface area contributed by atoms with E-state index in [4.69, 9.17) is 4.74 Å². The molecule has 0 bridgehead atoms. The molecule has 1 saturated heterocycles. The Morgan fingerprint density at radius 2 is 1.67 bits per heavy atom. The van der Waals surface area contributed by atoms with Crippen molar-refractivity contribution in [2.45, 2.75) is 13.5 Å². The average Bonchev–Trinajstić information content (AvgIpc) is 2.78. The van der Waals surface area contributed by atoms with Gasteiger partial charge in [0.2, 0.25) is 0 Å². The van der Waals surface area contributed by atoms with Crippen LogP contribution < -0.4 is 15.0 Å². The number of barbiturate groups is 1. The summed E-state index contributed by atoms with van der Waals surface area (Å²) < 4.78 is 7.52. The van der Waals surface area contributed by atoms with E-state index < -0.39 is 17.8 Å². The third-order valence-corrected chi connectivity index (χ3v) is 6.46. The van der Waals surface area contributed by atoms with Gasteiger partial charge in [0.1, 0.15) is 17.9 Å². The molecule has 33 heavy (non-hydrogen) atoms. The van der Waals surface area contributed by atoms with Crippen molar-refractivity contribution in [1.29, 1.82) is 0 Å². The molecule has 1 aliphatic rings. The lowest BCUT2D eigenvalue weighted by molar-refractivity contribution is -0.122. The number of para-hydroxylation sites is 1. The fourth-order valence-electron chi connectivity index (χ4n) is 3.35. The standard InChI is InChI=1S/C25H18Br2N2O4/c1-15-6-2-5-9-21(15)29-24(31)18(23(30)28-25(29)32)12-16-10-11-22(20(27)13-16)33-14-17-7-3-4-8-19(17)26/h2-13H,14H2,1H3,(H,28,30,32)/b18-12+. The fourth-order valence-corrected chi connectivity index (χ4v) is 4.26. The molecule has 8 heteroatoms. The van der Waals surface area contributed by atoms with Gasteiger partial charge in [0, 0.05) is 10.0 Å². The quantitative estimate of drug-likeness (QED) is 0.313. The summed E-state index contributed by atoms with van der Waals surface area (Å²) in [6.45, 7) is 2.16. The number of benzene rings is 3. The molecule has 3 aromatic carbocycles. The smallest absolute Gasteiger partial charge is 0.335 e. The van der Waals surface area contributed by atoms with Crippen LogP contribution in [-0.2, 0) is 16.2 Å². The molecular formula is C25H18Br2N2O4. The summed E-state index contributed by atoms with van der Waals surface area (Å²) in [5, 5.41) is 2.24. The first-order chi connectivity index (χ1) is 15.8. The monoisotopic (exact) mass is 568 g/mol. The Kier molecular flexibility index (Phi) is 6.76. The van der Waals surface area contributed by atoms with E-state index in [1.54, 1.807) is 43.3 Å². The predicted molar refractivity (Wildman–Crippen MR) is 133 cm³/mol. The van der Waals surface area contributed by atoms with Crippen LogP contribution in [0.5, 0.6) is 5.75 Å². The summed E-state index contributed by atoms with van der Waals surface area (Å²) in [6, 6.07) is 19.2. The Morgan fingerprint density at radius 1 is 0.939 bits per heavy atom. The van der Waals surface area contributed by atoms with Crippen LogP contribution in [0.2, 0.25) is 0 Å². The Labute approximate surface area is 207 Å². The average molecular weight is 570 g/mol. The summed E-state index contributed by atoms with van der Waals surface area (Å²) in [7, 11) is 0. The van der Waals surface area contributed by atoms with Gasteiger partial charge >= 0.3 is 6.03 Å². The Hall–Kier alpha value is -3.23. The van der Waals surface area contributed by atoms with Crippen molar-refractivity contribution in [1.82, 2.24) is 5.32 Å². The fraction of sp³-hybridized carbons (Fsp3) is 0.0800. The minimum Gasteiger partial charge on any atom is -0.488 e. The van der Waals surface area contributed by atoms with Crippen molar-refractivity contribution < 1.29 is 19.1 Å². The highest BCUT2D eigenvalue weighted by molar-refractivity contribution is 9.10. The maximum Gasteiger partial charge on any atom is 0.335 e. The number of carbonyl (C=O) groups is 3. The van der Waals surface area contributed by atoms with Crippen molar-refractivity contribution in [2.75, 3.05) is 4.90 Å². The second-order valence-electron chi connectivity index (χ2n) is 7.31. The lowest BCUT2D eigenvalue weighted by Crippen LogP contribution is -2.54. The number of urea groups is 1. The molecule has 0 aliphatic carbocycles. The number of amides is 4. The first-order valence-corrected chi connectivity index (χ1v) is 11.6. The maximum absolute atomic E-state index is 13.1. The van der Waals surface area contributed by atoms with Crippen molar-refractivity contribution in [3.05, 3.63) is 97.9 Å². The molecule has 1 fully saturated rings. The zero-order valence-electron chi connectivity index (χ0n) is 17.5. The van der Waals surface area contributed by atoms with Crippen LogP contribution in [0.15, 0.2) is 81.2 Å². The van der Waals surface area contributed by atoms with E-state index in [9.17, 15) is 14.4 Å². The van der Waals surface area contributed by atoms with Crippen molar-refractivity contribution >= 4 is 61.5 Å². The highest BCUT2D eigenvalue weighted by Crippen LogP contribution is 2.30. The topological polar surface area (TPSA) is 75.7 Å². The first-order valence-electron chi connectivity index (χ1n) is 9.98. The van der Waals surface area contributed by atoms with Gasteiger partial charge < -0.3 is 4.74 Å². The third-order valence-electron chi connectivity index (χ3n) is 5.07. The molecular weight excluding hydrogens is 552 g/mol. The summed E-state index contributed by atoms with van der Waals surface area (Å²) >= 11 is 6.99. The van der Waals surface area contributed by atoms with Crippen molar-refractivity contribution in [3.63, 3.8) is 0 Å². The number of nitrogens with one attached hydrogen (secondary N) is 1. The number of imide groups is 2. The van der Waals surface area contributed by atoms with Crippen LogP contribution in [0, 0.1) is 6.92 Å². The van der Waals surface area contributed by atoms with E-state index in [0.717, 1.165) is 20.5 Å². The van der Waals surface area contributed by atoms with E-state index in [0.29, 0.717) is 28.1 Å². The van der Waals surface area contributed by atoms with Gasteiger partial charge in [0.25, 0.3) is 11.8 Å². The zero-order chi connectivity index (χ0) is 23.5. The summed E-state index contributed by atoms with van der Waals surface area (Å²) in [5.74, 6) is -0.798. The molecule has 0 aromatic heterocycles. The molecule has 0 saturated carbocycles. The number of rotatable bonds is 5. The number of anilines is 1. The zero-order valence-corrected chi connectivity index (χ0v) is 20.6. The number of ether oxygens (including phenoxy) is 1. The highest BCUT2D eigenvalue weighted by Gasteiger charge is 2.37. The van der Waals surface area contributed by atoms with Crippen LogP contribution in [0.4, 0.5) is 10.5 Å². The van der Waals surface area contributed by atoms with Crippen molar-refractivity contribution in [3.8, 4) is 5.75 Å². The Morgan fingerprint density at radius 3 is 2.39 bits per heavy atom. The van der Waals surface area contributed by atoms with Crippen LogP contribution >= 0.6 is 31.9 Å². The number of hydrogen-bond acceptors (Lipinski definition) is 4. The lowest BCUT2D eigenvalue weighted by Gasteiger charge is -2.27. The summed E-state index contributed by atoms with van der Waals surface area (Å²) in [6.07, 6.45) is 1.46. The molecule has 6 nitrogen and oxygen atoms in total. The van der Waals surface area contributed by atoms with Gasteiger partial charge in [-0.25, -0.2) is 9.69 Å². The Balaban J connectivity index is 1.58. The van der Waals surface area contributed by atoms with Crippen LogP contribution in [0.25, 0.3) is 6.08 Å². The lowest BCUT2D eigenvalue weighted by atomic mass is 10.1. The number of carbonyl (C=O) groups excluding carboxylic acids is 3. The molecule has 1 heterocycles. The van der Waals surface area contributed by atoms with Crippen molar-refractivity contribution in [2.24, 2.45) is 0 Å². The van der Waals surface area contributed by atoms with Crippen LogP contribution in [0.1, 0.15) is 16.7 Å². The molecule has 0 radical (unpaired) electrons. The van der Waals surface area contributed by atoms with Gasteiger partial charge in [0.15, 0.2) is 0 Å². The van der Waals surface area contributed by atoms with Gasteiger partial charge in [-0.3, -0.25) is 14.9 Å². The minimum absolute atomic E-state index is 0.133. The first kappa shape index (κ1) is 22.9. The minimum atomic E-state index is -0.770. The highest BCUT2D eigenvalue weighted by atomic mass is 79.9. The van der Waals surface area contributed by atoms with E-state index in [-0.39, 0.29) is 5.57 Å². The molecule has 4 rings (SSSR count). The maximum atomic E-state index is 13.1. The number of aryl methyl sites for hydroxylation is 1. The van der Waals surface area contributed by atoms with Gasteiger partial charge in [-0.1, -0.05) is 58.4 Å². The Bertz CT molecular complexity index is 1300. The third kappa shape index (κ3) is 4.91. The summed E-state index contributed by atoms with van der Waals surface area (Å²) in [5.41, 5.74) is 2.64. The second kappa shape index (κ2) is 9.72. The molecule has 0 atom stereocenters. The largest absolute Gasteiger partial charge is 0.488 e. The SMILES string of the molecule is Cc1ccccc1N1C(=O)NC(=O)/C(=C\c2ccc(OCc3ccccc3Br)c(Br)c2)C1=O. The number of halogens is 2. The van der Waals surface area contributed by atoms with Gasteiger partial charge in [0.05, 0.1) is 10.2 Å². The second-order valence-corrected chi connectivity index (χ2v) is 9.02. The summed E-state index contributed by atoms with van der Waals surface area (Å²) in [4.78, 5) is 38.9. The molecule has 4 amide bonds. The van der Waals surface area contributed by atoms with E-state index in [1.807, 2.05) is 30.3 Å². The van der Waals surface area contributed by atoms with Gasteiger partial charge in [-0.2, -0.15) is 0 Å². The van der Waals surface area contributed by atoms with Gasteiger partial charge in [-0.05, 0) is 64.3 Å². The van der Waals surface area contributed by atoms with Crippen LogP contribution in [0.3, 0.4) is 0 Å². The molecule has 1 N–H and O–H groups in total. The number of hydrogen-bond donors (Lipinski definition) is 1. The molecule has 3 aromatic rings. The van der Waals surface area contributed by atoms with E-state index in [1.165, 1.54) is 6.08 Å². The molecule has 0 unspecified atom stereocenters. The molecule has 0 spiro atoms. The van der Waals surface area contributed by atoms with E-state index in [2.05, 4.69) is 37.2 Å². The predicted octanol–water partition coefficient (Wildman–Crippen LogP) is 5.77. The normalized spacial score (nSPS) is 15.1. The molecule has 1 aliphatic heterocycles. The molecule has 166 valence electrons. The van der Waals surface area contributed by atoms with Gasteiger partial charge in [-0.15, -0.1) is 0 Å². The van der Waals surface area contributed by atoms with E-state index >= 15 is 0 Å². The number of nitrogens with zero attached hydrogens (tertiary/aromatic N) is 1. The van der Waals surface area contributed by atoms with Crippen LogP contribution in [-0.4, -0.2) is 17.8 Å².